The van der Waals surface area contributed by atoms with Crippen molar-refractivity contribution in [3.05, 3.63) is 78.3 Å². The van der Waals surface area contributed by atoms with E-state index in [2.05, 4.69) is 24.1 Å². The fourth-order valence-electron chi connectivity index (χ4n) is 1.35. The first-order valence-corrected chi connectivity index (χ1v) is 5.23. The molecule has 2 aromatic carbocycles. The molecule has 16 heavy (non-hydrogen) atoms. The molecule has 2 rings (SSSR count). The standard InChI is InChI=1S/C15H13N/c1-3-7-14(8-4-1)11-12-16-13-15-9-5-2-6-10-15/h1-10,13H,16H2. The van der Waals surface area contributed by atoms with Crippen LogP contribution in [0.15, 0.2) is 60.7 Å². The maximum Gasteiger partial charge on any atom is 0.133 e. The lowest BCUT2D eigenvalue weighted by molar-refractivity contribution is -0.518. The van der Waals surface area contributed by atoms with Crippen LogP contribution < -0.4 is 5.32 Å². The quantitative estimate of drug-likeness (QED) is 0.571. The summed E-state index contributed by atoms with van der Waals surface area (Å²) >= 11 is 0. The second-order valence-electron chi connectivity index (χ2n) is 3.38. The molecule has 0 aliphatic heterocycles. The van der Waals surface area contributed by atoms with E-state index >= 15 is 0 Å². The fraction of sp³-hybridized carbons (Fsp3) is 0. The Hall–Kier alpha value is -2.17. The summed E-state index contributed by atoms with van der Waals surface area (Å²) in [4.78, 5) is 0. The first kappa shape index (κ1) is 10.4. The highest BCUT2D eigenvalue weighted by Gasteiger charge is 1.83. The summed E-state index contributed by atoms with van der Waals surface area (Å²) in [7, 11) is 0. The average molecular weight is 207 g/mol. The molecule has 0 radical (unpaired) electrons. The molecule has 0 fully saturated rings. The molecule has 0 aliphatic carbocycles. The third kappa shape index (κ3) is 3.20. The third-order valence-electron chi connectivity index (χ3n) is 2.15. The molecule has 0 unspecified atom stereocenters. The molecule has 2 N–H and O–H groups in total. The summed E-state index contributed by atoms with van der Waals surface area (Å²) in [5, 5.41) is 1.88. The van der Waals surface area contributed by atoms with E-state index in [0.29, 0.717) is 0 Å². The smallest absolute Gasteiger partial charge is 0.133 e. The summed E-state index contributed by atoms with van der Waals surface area (Å²) < 4.78 is 0. The molecule has 0 spiro atoms. The van der Waals surface area contributed by atoms with Crippen LogP contribution in [0.4, 0.5) is 0 Å². The van der Waals surface area contributed by atoms with E-state index < -0.39 is 0 Å². The van der Waals surface area contributed by atoms with Crippen LogP contribution in [0.25, 0.3) is 0 Å². The minimum absolute atomic E-state index is 1.04. The summed E-state index contributed by atoms with van der Waals surface area (Å²) in [6, 6.07) is 23.2. The van der Waals surface area contributed by atoms with Crippen LogP contribution in [-0.2, 0) is 0 Å². The van der Waals surface area contributed by atoms with Gasteiger partial charge in [0.15, 0.2) is 0 Å². The first-order chi connectivity index (χ1) is 7.95. The predicted molar refractivity (Wildman–Crippen MR) is 65.1 cm³/mol. The van der Waals surface area contributed by atoms with Gasteiger partial charge in [-0.2, -0.15) is 12.1 Å². The van der Waals surface area contributed by atoms with Crippen molar-refractivity contribution >= 4 is 0 Å². The van der Waals surface area contributed by atoms with Crippen LogP contribution in [0.2, 0.25) is 0 Å². The topological polar surface area (TPSA) is 16.6 Å². The van der Waals surface area contributed by atoms with Crippen LogP contribution in [0.1, 0.15) is 11.1 Å². The molecular formula is C15H13N. The molecule has 0 saturated heterocycles. The van der Waals surface area contributed by atoms with Crippen molar-refractivity contribution in [3.63, 3.8) is 0 Å². The zero-order valence-electron chi connectivity index (χ0n) is 8.93. The zero-order valence-corrected chi connectivity index (χ0v) is 8.93. The van der Waals surface area contributed by atoms with E-state index in [9.17, 15) is 0 Å². The molecule has 0 saturated carbocycles. The number of quaternary nitrogens is 1. The summed E-state index contributed by atoms with van der Waals surface area (Å²) in [5.74, 6) is 3.08. The van der Waals surface area contributed by atoms with E-state index in [1.807, 2.05) is 60.4 Å². The molecule has 0 atom stereocenters. The number of benzene rings is 2. The van der Waals surface area contributed by atoms with Crippen molar-refractivity contribution in [2.24, 2.45) is 0 Å². The third-order valence-corrected chi connectivity index (χ3v) is 2.15. The summed E-state index contributed by atoms with van der Waals surface area (Å²) in [5.41, 5.74) is 2.21. The second kappa shape index (κ2) is 5.65. The molecule has 78 valence electrons. The molecule has 1 nitrogen and oxygen atoms in total. The van der Waals surface area contributed by atoms with E-state index in [0.717, 1.165) is 5.56 Å². The Balaban J connectivity index is 1.87. The van der Waals surface area contributed by atoms with Crippen LogP contribution in [0, 0.1) is 18.5 Å². The summed E-state index contributed by atoms with van der Waals surface area (Å²) in [6.45, 7) is 2.01. The number of hydrogen-bond donors (Lipinski definition) is 1. The first-order valence-electron chi connectivity index (χ1n) is 5.23. The zero-order chi connectivity index (χ0) is 11.1. The van der Waals surface area contributed by atoms with Crippen molar-refractivity contribution in [2.75, 3.05) is 0 Å². The van der Waals surface area contributed by atoms with Crippen molar-refractivity contribution in [2.45, 2.75) is 0 Å². The highest BCUT2D eigenvalue weighted by Crippen LogP contribution is 1.96. The second-order valence-corrected chi connectivity index (χ2v) is 3.38. The molecule has 0 heterocycles. The minimum Gasteiger partial charge on any atom is -0.290 e. The van der Waals surface area contributed by atoms with Crippen molar-refractivity contribution in [3.8, 4) is 12.0 Å². The average Bonchev–Trinajstić information content (AvgIpc) is 2.37. The number of rotatable bonds is 2. The highest BCUT2D eigenvalue weighted by atomic mass is 14.8. The predicted octanol–water partition coefficient (Wildman–Crippen LogP) is 1.77. The number of hydrogen-bond acceptors (Lipinski definition) is 0. The Morgan fingerprint density at radius 3 is 2.12 bits per heavy atom. The maximum atomic E-state index is 3.08. The summed E-state index contributed by atoms with van der Waals surface area (Å²) in [6.07, 6.45) is 0. The lowest BCUT2D eigenvalue weighted by Crippen LogP contribution is -2.75. The van der Waals surface area contributed by atoms with Crippen LogP contribution in [0.3, 0.4) is 0 Å². The van der Waals surface area contributed by atoms with E-state index in [1.165, 1.54) is 5.56 Å². The molecule has 1 heteroatoms. The lowest BCUT2D eigenvalue weighted by Gasteiger charge is -2.01. The van der Waals surface area contributed by atoms with Gasteiger partial charge in [0.25, 0.3) is 0 Å². The van der Waals surface area contributed by atoms with Gasteiger partial charge < -0.3 is 0 Å². The molecule has 0 aromatic heterocycles. The monoisotopic (exact) mass is 207 g/mol. The molecule has 2 aromatic rings. The van der Waals surface area contributed by atoms with Gasteiger partial charge in [0.1, 0.15) is 6.04 Å². The van der Waals surface area contributed by atoms with E-state index in [4.69, 9.17) is 0 Å². The van der Waals surface area contributed by atoms with Gasteiger partial charge in [0, 0.05) is 12.1 Å². The Bertz CT molecular complexity index is 477. The van der Waals surface area contributed by atoms with Crippen LogP contribution >= 0.6 is 0 Å². The normalized spacial score (nSPS) is 9.00. The van der Waals surface area contributed by atoms with Crippen molar-refractivity contribution < 1.29 is 5.32 Å². The minimum atomic E-state index is 1.04. The van der Waals surface area contributed by atoms with Crippen LogP contribution in [-0.4, -0.2) is 0 Å². The van der Waals surface area contributed by atoms with Gasteiger partial charge in [-0.3, -0.25) is 5.32 Å². The van der Waals surface area contributed by atoms with Gasteiger partial charge in [0.2, 0.25) is 0 Å². The van der Waals surface area contributed by atoms with Gasteiger partial charge in [-0.05, 0) is 18.1 Å². The van der Waals surface area contributed by atoms with Gasteiger partial charge >= 0.3 is 0 Å². The SMILES string of the molecule is C(#Cc1ccccc1)[NH2+][CH-]c1ccccc1. The molecular weight excluding hydrogens is 194 g/mol. The Morgan fingerprint density at radius 1 is 0.812 bits per heavy atom. The Labute approximate surface area is 96.1 Å². The fourth-order valence-corrected chi connectivity index (χ4v) is 1.35. The van der Waals surface area contributed by atoms with Gasteiger partial charge in [-0.15, -0.1) is 17.7 Å². The lowest BCUT2D eigenvalue weighted by atomic mass is 10.2. The molecule has 0 bridgehead atoms. The Kier molecular flexibility index (Phi) is 3.65. The maximum absolute atomic E-state index is 3.08. The van der Waals surface area contributed by atoms with E-state index in [-0.39, 0.29) is 0 Å². The van der Waals surface area contributed by atoms with Gasteiger partial charge in [-0.25, -0.2) is 0 Å². The Morgan fingerprint density at radius 2 is 1.44 bits per heavy atom. The molecule has 0 amide bonds. The van der Waals surface area contributed by atoms with E-state index in [1.54, 1.807) is 0 Å². The van der Waals surface area contributed by atoms with Gasteiger partial charge in [-0.1, -0.05) is 24.3 Å². The van der Waals surface area contributed by atoms with Gasteiger partial charge in [0.05, 0.1) is 0 Å². The van der Waals surface area contributed by atoms with Crippen molar-refractivity contribution in [1.82, 2.24) is 0 Å². The highest BCUT2D eigenvalue weighted by molar-refractivity contribution is 5.32. The van der Waals surface area contributed by atoms with Crippen LogP contribution in [0.5, 0.6) is 0 Å². The number of nitrogens with two attached hydrogens (primary N) is 1. The largest absolute Gasteiger partial charge is 0.290 e. The molecule has 0 aliphatic rings. The van der Waals surface area contributed by atoms with Crippen molar-refractivity contribution in [1.29, 1.82) is 0 Å².